The number of rotatable bonds is 27. The molecule has 0 aromatic rings. The second-order valence-electron chi connectivity index (χ2n) is 17.0. The van der Waals surface area contributed by atoms with Gasteiger partial charge in [-0.15, -0.1) is 0 Å². The van der Waals surface area contributed by atoms with E-state index in [0.717, 1.165) is 6.92 Å². The van der Waals surface area contributed by atoms with E-state index in [4.69, 9.17) is 17.2 Å². The van der Waals surface area contributed by atoms with Crippen LogP contribution in [0.2, 0.25) is 0 Å². The van der Waals surface area contributed by atoms with Crippen LogP contribution in [0.5, 0.6) is 0 Å². The minimum atomic E-state index is -1.91. The Balaban J connectivity index is 2.20. The van der Waals surface area contributed by atoms with Crippen LogP contribution in [0.15, 0.2) is 0 Å². The molecule has 2 saturated heterocycles. The van der Waals surface area contributed by atoms with Crippen molar-refractivity contribution in [2.24, 2.45) is 23.1 Å². The highest BCUT2D eigenvalue weighted by Crippen LogP contribution is 2.26. The lowest BCUT2D eigenvalue weighted by Gasteiger charge is -2.34. The zero-order chi connectivity index (χ0) is 50.9. The van der Waals surface area contributed by atoms with Gasteiger partial charge in [0.25, 0.3) is 0 Å². The first-order valence-corrected chi connectivity index (χ1v) is 21.8. The quantitative estimate of drug-likeness (QED) is 0.0364. The van der Waals surface area contributed by atoms with Gasteiger partial charge in [-0.3, -0.25) is 52.7 Å². The Hall–Kier alpha value is -6.48. The molecule has 27 heteroatoms. The van der Waals surface area contributed by atoms with Crippen LogP contribution in [0.3, 0.4) is 0 Å². The summed E-state index contributed by atoms with van der Waals surface area (Å²) < 4.78 is 0. The summed E-state index contributed by atoms with van der Waals surface area (Å²) in [5.41, 5.74) is 16.0. The number of hydrogen-bond donors (Lipinski definition) is 13. The highest BCUT2D eigenvalue weighted by Gasteiger charge is 2.45. The topological polar surface area (TPSA) is 442 Å². The van der Waals surface area contributed by atoms with E-state index in [-0.39, 0.29) is 57.5 Å². The van der Waals surface area contributed by atoms with Gasteiger partial charge in [0.05, 0.1) is 31.2 Å². The number of carboxylic acid groups (broad SMARTS) is 2. The van der Waals surface area contributed by atoms with Crippen molar-refractivity contribution in [1.82, 2.24) is 41.7 Å². The average Bonchev–Trinajstić information content (AvgIpc) is 3.93. The first-order valence-electron chi connectivity index (χ1n) is 21.8. The Morgan fingerprint density at radius 1 is 0.627 bits per heavy atom. The van der Waals surface area contributed by atoms with E-state index in [9.17, 15) is 78.0 Å². The van der Waals surface area contributed by atoms with Gasteiger partial charge in [0.1, 0.15) is 36.3 Å². The number of nitrogens with zero attached hydrogens (tertiary/aromatic N) is 2. The minimum Gasteiger partial charge on any atom is -0.481 e. The maximum atomic E-state index is 14.2. The van der Waals surface area contributed by atoms with E-state index in [1.165, 1.54) is 16.7 Å². The van der Waals surface area contributed by atoms with Crippen molar-refractivity contribution in [3.05, 3.63) is 0 Å². The Kier molecular flexibility index (Phi) is 22.5. The molecular weight excluding hydrogens is 891 g/mol. The molecule has 2 rings (SSSR count). The smallest absolute Gasteiger partial charge is 0.328 e. The Labute approximate surface area is 385 Å². The molecule has 10 amide bonds. The lowest BCUT2D eigenvalue weighted by Crippen LogP contribution is -2.61. The third-order valence-corrected chi connectivity index (χ3v) is 10.9. The van der Waals surface area contributed by atoms with Crippen LogP contribution < -0.4 is 49.1 Å². The number of primary amides is 2. The molecular formula is C40H65N11O16. The van der Waals surface area contributed by atoms with E-state index in [0.29, 0.717) is 12.8 Å². The van der Waals surface area contributed by atoms with Crippen molar-refractivity contribution in [3.63, 3.8) is 0 Å². The van der Waals surface area contributed by atoms with Crippen molar-refractivity contribution in [3.8, 4) is 0 Å². The molecule has 0 radical (unpaired) electrons. The number of carbonyl (C=O) groups excluding carboxylic acids is 10. The van der Waals surface area contributed by atoms with Gasteiger partial charge in [-0.05, 0) is 64.7 Å². The summed E-state index contributed by atoms with van der Waals surface area (Å²) >= 11 is 0. The molecule has 376 valence electrons. The summed E-state index contributed by atoms with van der Waals surface area (Å²) in [6, 6.07) is -11.6. The Morgan fingerprint density at radius 3 is 1.72 bits per heavy atom. The zero-order valence-electron chi connectivity index (χ0n) is 37.9. The van der Waals surface area contributed by atoms with Gasteiger partial charge in [0.15, 0.2) is 6.04 Å². The maximum Gasteiger partial charge on any atom is 0.328 e. The van der Waals surface area contributed by atoms with Gasteiger partial charge in [0.2, 0.25) is 59.1 Å². The number of aliphatic hydroxyl groups is 2. The molecule has 0 aromatic carbocycles. The molecule has 2 aliphatic heterocycles. The standard InChI is InChI=1S/C40H65N11O16/c1-18(2)15-24(38(64)51-14-6-8-26(51)39(65)50-13-5-7-25(50)36(62)49-32(20(4)53)40(66)67)47-37(63)31(19(3)52)48-35(61)23(16-30(57)58)45-29(56)17-44-34(60)22(10-12-28(43)55)46-33(59)21(41)9-11-27(42)54/h18-26,31-32,52-53H,5-17,41H2,1-4H3,(H2,42,54)(H2,43,55)(H,44,60)(H,45,56)(H,46,59)(H,47,63)(H,48,61)(H,49,62)(H,57,58)(H,66,67)/t19-,20-,21+,22+,23+,24+,25+,26+,31+,32+/m1/s1. The van der Waals surface area contributed by atoms with Crippen LogP contribution >= 0.6 is 0 Å². The molecule has 0 saturated carbocycles. The van der Waals surface area contributed by atoms with Gasteiger partial charge < -0.3 is 79.3 Å². The number of carboxylic acids is 2. The van der Waals surface area contributed by atoms with Crippen LogP contribution in [0.1, 0.15) is 91.9 Å². The first kappa shape index (κ1) is 56.6. The SMILES string of the molecule is CC(C)C[C@H](NC(=O)[C@@H](NC(=O)[C@H](CC(=O)O)NC(=O)CNC(=O)[C@H](CCC(N)=O)NC(=O)[C@@H](N)CCC(N)=O)[C@@H](C)O)C(=O)N1CCC[C@H]1C(=O)N1CCC[C@H]1C(=O)N[C@H](C(=O)O)[C@@H](C)O. The third-order valence-electron chi connectivity index (χ3n) is 10.9. The van der Waals surface area contributed by atoms with Gasteiger partial charge in [0, 0.05) is 25.9 Å². The number of nitrogens with two attached hydrogens (primary N) is 3. The van der Waals surface area contributed by atoms with Crippen LogP contribution in [0, 0.1) is 5.92 Å². The highest BCUT2D eigenvalue weighted by atomic mass is 16.4. The number of hydrogen-bond acceptors (Lipinski definition) is 15. The predicted octanol–water partition coefficient (Wildman–Crippen LogP) is -6.27. The Morgan fingerprint density at radius 2 is 1.18 bits per heavy atom. The van der Waals surface area contributed by atoms with Gasteiger partial charge >= 0.3 is 11.9 Å². The van der Waals surface area contributed by atoms with E-state index in [1.54, 1.807) is 13.8 Å². The predicted molar refractivity (Wildman–Crippen MR) is 230 cm³/mol. The second kappa shape index (κ2) is 26.6. The molecule has 0 aliphatic carbocycles. The van der Waals surface area contributed by atoms with Crippen LogP contribution in [-0.4, -0.2) is 181 Å². The fourth-order valence-corrected chi connectivity index (χ4v) is 7.42. The number of likely N-dealkylation sites (tertiary alicyclic amines) is 2. The third kappa shape index (κ3) is 18.0. The number of aliphatic hydroxyl groups excluding tert-OH is 2. The lowest BCUT2D eigenvalue weighted by atomic mass is 10.0. The van der Waals surface area contributed by atoms with Gasteiger partial charge in [-0.2, -0.15) is 0 Å². The molecule has 2 fully saturated rings. The second-order valence-corrected chi connectivity index (χ2v) is 17.0. The highest BCUT2D eigenvalue weighted by molar-refractivity contribution is 5.99. The van der Waals surface area contributed by atoms with Gasteiger partial charge in [-0.25, -0.2) is 4.79 Å². The lowest BCUT2D eigenvalue weighted by molar-refractivity contribution is -0.149. The molecule has 0 unspecified atom stereocenters. The molecule has 2 heterocycles. The fraction of sp³-hybridized carbons (Fsp3) is 0.700. The van der Waals surface area contributed by atoms with E-state index < -0.39 is 151 Å². The molecule has 2 aliphatic rings. The summed E-state index contributed by atoms with van der Waals surface area (Å²) in [6.45, 7) is 5.07. The molecule has 16 N–H and O–H groups in total. The number of amides is 10. The Bertz CT molecular complexity index is 1860. The normalized spacial score (nSPS) is 19.3. The van der Waals surface area contributed by atoms with E-state index >= 15 is 0 Å². The molecule has 10 atom stereocenters. The largest absolute Gasteiger partial charge is 0.481 e. The number of aliphatic carboxylic acids is 2. The zero-order valence-corrected chi connectivity index (χ0v) is 37.9. The van der Waals surface area contributed by atoms with Gasteiger partial charge in [-0.1, -0.05) is 13.8 Å². The minimum absolute atomic E-state index is 0.00566. The molecule has 27 nitrogen and oxygen atoms in total. The fourth-order valence-electron chi connectivity index (χ4n) is 7.42. The summed E-state index contributed by atoms with van der Waals surface area (Å²) in [5.74, 6) is -12.4. The monoisotopic (exact) mass is 955 g/mol. The summed E-state index contributed by atoms with van der Waals surface area (Å²) in [4.78, 5) is 155. The van der Waals surface area contributed by atoms with E-state index in [2.05, 4.69) is 31.9 Å². The summed E-state index contributed by atoms with van der Waals surface area (Å²) in [6.07, 6.45) is -4.18. The molecule has 0 bridgehead atoms. The number of nitrogens with one attached hydrogen (secondary N) is 6. The van der Waals surface area contributed by atoms with E-state index in [1.807, 2.05) is 0 Å². The van der Waals surface area contributed by atoms with Crippen molar-refractivity contribution < 1.29 is 78.0 Å². The van der Waals surface area contributed by atoms with Crippen LogP contribution in [-0.2, 0) is 57.5 Å². The summed E-state index contributed by atoms with van der Waals surface area (Å²) in [5, 5.41) is 53.0. The van der Waals surface area contributed by atoms with Crippen molar-refractivity contribution in [1.29, 1.82) is 0 Å². The van der Waals surface area contributed by atoms with Crippen LogP contribution in [0.4, 0.5) is 0 Å². The molecule has 67 heavy (non-hydrogen) atoms. The molecule has 0 spiro atoms. The first-order chi connectivity index (χ1) is 31.2. The van der Waals surface area contributed by atoms with Crippen molar-refractivity contribution in [2.45, 2.75) is 152 Å². The van der Waals surface area contributed by atoms with Crippen molar-refractivity contribution in [2.75, 3.05) is 19.6 Å². The number of carbonyl (C=O) groups is 12. The maximum absolute atomic E-state index is 14.2. The summed E-state index contributed by atoms with van der Waals surface area (Å²) in [7, 11) is 0. The van der Waals surface area contributed by atoms with Crippen LogP contribution in [0.25, 0.3) is 0 Å². The molecule has 0 aromatic heterocycles. The average molecular weight is 956 g/mol. The van der Waals surface area contributed by atoms with Crippen molar-refractivity contribution >= 4 is 71.0 Å².